The number of rotatable bonds is 7. The highest BCUT2D eigenvalue weighted by Crippen LogP contribution is 2.20. The fourth-order valence-corrected chi connectivity index (χ4v) is 3.66. The summed E-state index contributed by atoms with van der Waals surface area (Å²) in [5, 5.41) is 0. The molecule has 1 heterocycles. The van der Waals surface area contributed by atoms with Crippen molar-refractivity contribution in [1.29, 1.82) is 0 Å². The van der Waals surface area contributed by atoms with Gasteiger partial charge < -0.3 is 19.4 Å². The monoisotopic (exact) mass is 382 g/mol. The molecular weight excluding hydrogens is 350 g/mol. The van der Waals surface area contributed by atoms with E-state index in [9.17, 15) is 4.79 Å². The minimum absolute atomic E-state index is 0.212. The number of ether oxygens (including phenoxy) is 1. The molecule has 1 fully saturated rings. The lowest BCUT2D eigenvalue weighted by Gasteiger charge is -2.34. The van der Waals surface area contributed by atoms with Crippen molar-refractivity contribution in [3.8, 4) is 5.75 Å². The summed E-state index contributed by atoms with van der Waals surface area (Å²) in [6.07, 6.45) is 1.04. The van der Waals surface area contributed by atoms with Crippen molar-refractivity contribution in [3.05, 3.63) is 59.7 Å². The molecule has 1 saturated heterocycles. The lowest BCUT2D eigenvalue weighted by molar-refractivity contribution is -0.892. The largest absolute Gasteiger partial charge is 0.497 e. The van der Waals surface area contributed by atoms with E-state index in [4.69, 9.17) is 4.74 Å². The number of anilines is 1. The molecule has 150 valence electrons. The van der Waals surface area contributed by atoms with E-state index >= 15 is 0 Å². The van der Waals surface area contributed by atoms with Crippen molar-refractivity contribution in [3.63, 3.8) is 0 Å². The van der Waals surface area contributed by atoms with E-state index in [1.165, 1.54) is 21.7 Å². The van der Waals surface area contributed by atoms with Crippen LogP contribution in [0.4, 0.5) is 5.69 Å². The SMILES string of the molecule is CCc1ccc(CN(C)C(=O)C[NH+]2CCN(c3cccc(OC)c3)CC2)cc1. The van der Waals surface area contributed by atoms with Gasteiger partial charge >= 0.3 is 0 Å². The van der Waals surface area contributed by atoms with Crippen LogP contribution in [0.2, 0.25) is 0 Å². The Morgan fingerprint density at radius 1 is 1.11 bits per heavy atom. The third-order valence-corrected chi connectivity index (χ3v) is 5.57. The molecule has 3 rings (SSSR count). The molecule has 1 aliphatic rings. The highest BCUT2D eigenvalue weighted by molar-refractivity contribution is 5.76. The maximum absolute atomic E-state index is 12.6. The Labute approximate surface area is 168 Å². The molecule has 28 heavy (non-hydrogen) atoms. The number of hydrogen-bond donors (Lipinski definition) is 1. The highest BCUT2D eigenvalue weighted by Gasteiger charge is 2.24. The zero-order chi connectivity index (χ0) is 19.9. The summed E-state index contributed by atoms with van der Waals surface area (Å²) in [5.41, 5.74) is 3.71. The molecule has 2 aromatic carbocycles. The Bertz CT molecular complexity index is 768. The third-order valence-electron chi connectivity index (χ3n) is 5.57. The van der Waals surface area contributed by atoms with Gasteiger partial charge in [0.25, 0.3) is 5.91 Å². The number of carbonyl (C=O) groups is 1. The number of nitrogens with one attached hydrogen (secondary N) is 1. The number of hydrogen-bond acceptors (Lipinski definition) is 3. The van der Waals surface area contributed by atoms with Crippen molar-refractivity contribution >= 4 is 11.6 Å². The minimum atomic E-state index is 0.212. The van der Waals surface area contributed by atoms with Crippen LogP contribution in [0.25, 0.3) is 0 Å². The summed E-state index contributed by atoms with van der Waals surface area (Å²) in [5.74, 6) is 1.10. The van der Waals surface area contributed by atoms with E-state index in [1.807, 2.05) is 24.1 Å². The second-order valence-electron chi connectivity index (χ2n) is 7.54. The molecule has 5 heteroatoms. The first-order valence-electron chi connectivity index (χ1n) is 10.1. The van der Waals surface area contributed by atoms with Crippen LogP contribution in [0.3, 0.4) is 0 Å². The molecule has 1 aliphatic heterocycles. The van der Waals surface area contributed by atoms with Crippen LogP contribution in [-0.2, 0) is 17.8 Å². The average Bonchev–Trinajstić information content (AvgIpc) is 2.74. The van der Waals surface area contributed by atoms with Gasteiger partial charge in [0.15, 0.2) is 6.54 Å². The lowest BCUT2D eigenvalue weighted by atomic mass is 10.1. The smallest absolute Gasteiger partial charge is 0.277 e. The van der Waals surface area contributed by atoms with Gasteiger partial charge in [-0.15, -0.1) is 0 Å². The molecule has 0 aliphatic carbocycles. The van der Waals surface area contributed by atoms with E-state index < -0.39 is 0 Å². The van der Waals surface area contributed by atoms with Crippen LogP contribution in [0, 0.1) is 0 Å². The number of aryl methyl sites for hydroxylation is 1. The van der Waals surface area contributed by atoms with Gasteiger partial charge in [0, 0.05) is 25.3 Å². The van der Waals surface area contributed by atoms with Gasteiger partial charge in [-0.3, -0.25) is 4.79 Å². The summed E-state index contributed by atoms with van der Waals surface area (Å²) in [7, 11) is 3.60. The van der Waals surface area contributed by atoms with Gasteiger partial charge in [-0.2, -0.15) is 0 Å². The number of quaternary nitrogens is 1. The predicted octanol–water partition coefficient (Wildman–Crippen LogP) is 1.62. The highest BCUT2D eigenvalue weighted by atomic mass is 16.5. The van der Waals surface area contributed by atoms with E-state index in [-0.39, 0.29) is 5.91 Å². The second-order valence-corrected chi connectivity index (χ2v) is 7.54. The van der Waals surface area contributed by atoms with Gasteiger partial charge in [0.2, 0.25) is 0 Å². The second kappa shape index (κ2) is 9.60. The molecule has 0 bridgehead atoms. The van der Waals surface area contributed by atoms with Crippen LogP contribution in [0.15, 0.2) is 48.5 Å². The molecule has 0 unspecified atom stereocenters. The Hall–Kier alpha value is -2.53. The molecule has 0 spiro atoms. The standard InChI is InChI=1S/C23H31N3O2/c1-4-19-8-10-20(11-9-19)17-24(2)23(27)18-25-12-14-26(15-13-25)21-6-5-7-22(16-21)28-3/h5-11,16H,4,12-15,17-18H2,1-3H3/p+1. The molecular formula is C23H32N3O2+. The van der Waals surface area contributed by atoms with E-state index in [0.29, 0.717) is 13.1 Å². The quantitative estimate of drug-likeness (QED) is 0.791. The summed E-state index contributed by atoms with van der Waals surface area (Å²) in [6, 6.07) is 16.7. The fraction of sp³-hybridized carbons (Fsp3) is 0.435. The van der Waals surface area contributed by atoms with Crippen molar-refractivity contribution in [2.75, 3.05) is 51.8 Å². The number of benzene rings is 2. The number of piperazine rings is 1. The van der Waals surface area contributed by atoms with Crippen molar-refractivity contribution in [2.45, 2.75) is 19.9 Å². The van der Waals surface area contributed by atoms with Crippen molar-refractivity contribution in [1.82, 2.24) is 4.90 Å². The van der Waals surface area contributed by atoms with E-state index in [0.717, 1.165) is 38.3 Å². The zero-order valence-corrected chi connectivity index (χ0v) is 17.3. The lowest BCUT2D eigenvalue weighted by Crippen LogP contribution is -3.15. The molecule has 1 amide bonds. The summed E-state index contributed by atoms with van der Waals surface area (Å²) in [6.45, 7) is 7.25. The Morgan fingerprint density at radius 2 is 1.79 bits per heavy atom. The normalized spacial score (nSPS) is 14.8. The number of nitrogens with zero attached hydrogens (tertiary/aromatic N) is 2. The first kappa shape index (κ1) is 20.2. The van der Waals surface area contributed by atoms with Gasteiger partial charge in [-0.05, 0) is 29.7 Å². The average molecular weight is 383 g/mol. The van der Waals surface area contributed by atoms with Gasteiger partial charge in [-0.1, -0.05) is 37.3 Å². The maximum Gasteiger partial charge on any atom is 0.277 e. The van der Waals surface area contributed by atoms with Crippen LogP contribution in [-0.4, -0.2) is 57.7 Å². The predicted molar refractivity (Wildman–Crippen MR) is 113 cm³/mol. The minimum Gasteiger partial charge on any atom is -0.497 e. The Balaban J connectivity index is 1.47. The zero-order valence-electron chi connectivity index (χ0n) is 17.3. The summed E-state index contributed by atoms with van der Waals surface area (Å²) < 4.78 is 5.33. The Kier molecular flexibility index (Phi) is 6.93. The molecule has 0 atom stereocenters. The molecule has 0 aromatic heterocycles. The first-order chi connectivity index (χ1) is 13.6. The van der Waals surface area contributed by atoms with Crippen molar-refractivity contribution < 1.29 is 14.4 Å². The van der Waals surface area contributed by atoms with Gasteiger partial charge in [0.05, 0.1) is 33.3 Å². The summed E-state index contributed by atoms with van der Waals surface area (Å²) >= 11 is 0. The molecule has 1 N–H and O–H groups in total. The molecule has 5 nitrogen and oxygen atoms in total. The van der Waals surface area contributed by atoms with Crippen molar-refractivity contribution in [2.24, 2.45) is 0 Å². The van der Waals surface area contributed by atoms with Crippen LogP contribution in [0.5, 0.6) is 5.75 Å². The fourth-order valence-electron chi connectivity index (χ4n) is 3.66. The maximum atomic E-state index is 12.6. The summed E-state index contributed by atoms with van der Waals surface area (Å²) in [4.78, 5) is 18.2. The van der Waals surface area contributed by atoms with Gasteiger partial charge in [-0.25, -0.2) is 0 Å². The number of amides is 1. The first-order valence-corrected chi connectivity index (χ1v) is 10.1. The number of methoxy groups -OCH3 is 1. The van der Waals surface area contributed by atoms with Crippen LogP contribution in [0.1, 0.15) is 18.1 Å². The van der Waals surface area contributed by atoms with Crippen LogP contribution >= 0.6 is 0 Å². The number of likely N-dealkylation sites (N-methyl/N-ethyl adjacent to an activating group) is 1. The van der Waals surface area contributed by atoms with E-state index in [2.05, 4.69) is 48.2 Å². The topological polar surface area (TPSA) is 37.2 Å². The molecule has 0 saturated carbocycles. The van der Waals surface area contributed by atoms with E-state index in [1.54, 1.807) is 7.11 Å². The van der Waals surface area contributed by atoms with Gasteiger partial charge in [0.1, 0.15) is 5.75 Å². The number of carbonyl (C=O) groups excluding carboxylic acids is 1. The third kappa shape index (κ3) is 5.26. The molecule has 0 radical (unpaired) electrons. The Morgan fingerprint density at radius 3 is 2.43 bits per heavy atom. The molecule has 2 aromatic rings. The van der Waals surface area contributed by atoms with Crippen LogP contribution < -0.4 is 14.5 Å².